The van der Waals surface area contributed by atoms with Gasteiger partial charge in [0.25, 0.3) is 0 Å². The quantitative estimate of drug-likeness (QED) is 0.713. The van der Waals surface area contributed by atoms with E-state index in [1.54, 1.807) is 18.4 Å². The molecule has 5 nitrogen and oxygen atoms in total. The molecule has 1 fully saturated rings. The molecule has 0 bridgehead atoms. The second-order valence-corrected chi connectivity index (χ2v) is 7.18. The van der Waals surface area contributed by atoms with Gasteiger partial charge in [-0.3, -0.25) is 9.59 Å². The Bertz CT molecular complexity index is 722. The smallest absolute Gasteiger partial charge is 0.235 e. The van der Waals surface area contributed by atoms with Crippen molar-refractivity contribution in [2.75, 3.05) is 25.6 Å². The number of ether oxygens (including phenoxy) is 1. The minimum absolute atomic E-state index is 0.0385. The average Bonchev–Trinajstić information content (AvgIpc) is 3.24. The summed E-state index contributed by atoms with van der Waals surface area (Å²) in [6.45, 7) is 1.01. The van der Waals surface area contributed by atoms with E-state index in [0.29, 0.717) is 19.6 Å². The van der Waals surface area contributed by atoms with Crippen molar-refractivity contribution in [3.05, 3.63) is 52.2 Å². The number of nitrogens with one attached hydrogen (secondary N) is 2. The Balaban J connectivity index is 1.54. The van der Waals surface area contributed by atoms with Gasteiger partial charge < -0.3 is 15.4 Å². The number of thiophene rings is 1. The number of benzene rings is 1. The zero-order chi connectivity index (χ0) is 17.7. The third-order valence-corrected chi connectivity index (χ3v) is 5.46. The Labute approximate surface area is 151 Å². The van der Waals surface area contributed by atoms with Gasteiger partial charge in [-0.05, 0) is 42.0 Å². The number of amides is 2. The molecule has 1 aromatic heterocycles. The minimum atomic E-state index is -0.339. The predicted molar refractivity (Wildman–Crippen MR) is 98.9 cm³/mol. The van der Waals surface area contributed by atoms with Gasteiger partial charge in [-0.2, -0.15) is 0 Å². The number of carbonyl (C=O) groups is 2. The summed E-state index contributed by atoms with van der Waals surface area (Å²) in [6, 6.07) is 11.5. The number of hydrogen-bond acceptors (Lipinski definition) is 4. The molecule has 1 aliphatic carbocycles. The fourth-order valence-corrected chi connectivity index (χ4v) is 3.74. The van der Waals surface area contributed by atoms with E-state index in [4.69, 9.17) is 4.74 Å². The highest BCUT2D eigenvalue weighted by Gasteiger charge is 2.52. The second-order valence-electron chi connectivity index (χ2n) is 6.23. The fourth-order valence-electron chi connectivity index (χ4n) is 2.76. The molecule has 132 valence electrons. The Kier molecular flexibility index (Phi) is 5.50. The summed E-state index contributed by atoms with van der Waals surface area (Å²) in [6.07, 6.45) is 2.12. The second kappa shape index (κ2) is 7.80. The number of carbonyl (C=O) groups excluding carboxylic acids is 2. The van der Waals surface area contributed by atoms with Gasteiger partial charge in [0.2, 0.25) is 11.8 Å². The van der Waals surface area contributed by atoms with Crippen LogP contribution in [0.5, 0.6) is 0 Å². The molecule has 0 unspecified atom stereocenters. The molecule has 3 rings (SSSR count). The first kappa shape index (κ1) is 17.6. The minimum Gasteiger partial charge on any atom is -0.383 e. The van der Waals surface area contributed by atoms with Crippen molar-refractivity contribution in [1.82, 2.24) is 5.32 Å². The van der Waals surface area contributed by atoms with Crippen molar-refractivity contribution in [2.45, 2.75) is 24.7 Å². The van der Waals surface area contributed by atoms with Crippen LogP contribution in [0.2, 0.25) is 0 Å². The predicted octanol–water partition coefficient (Wildman–Crippen LogP) is 2.72. The van der Waals surface area contributed by atoms with Crippen LogP contribution in [0.25, 0.3) is 0 Å². The van der Waals surface area contributed by atoms with Crippen LogP contribution in [0.1, 0.15) is 23.3 Å². The van der Waals surface area contributed by atoms with Crippen LogP contribution >= 0.6 is 11.3 Å². The zero-order valence-corrected chi connectivity index (χ0v) is 15.0. The monoisotopic (exact) mass is 358 g/mol. The molecule has 2 amide bonds. The van der Waals surface area contributed by atoms with Crippen LogP contribution in [0, 0.1) is 0 Å². The maximum atomic E-state index is 12.6. The van der Waals surface area contributed by atoms with E-state index in [1.165, 1.54) is 0 Å². The molecule has 0 saturated heterocycles. The molecule has 25 heavy (non-hydrogen) atoms. The largest absolute Gasteiger partial charge is 0.383 e. The summed E-state index contributed by atoms with van der Waals surface area (Å²) < 4.78 is 4.90. The summed E-state index contributed by atoms with van der Waals surface area (Å²) in [4.78, 5) is 25.5. The molecule has 0 atom stereocenters. The van der Waals surface area contributed by atoms with E-state index in [-0.39, 0.29) is 17.2 Å². The Hall–Kier alpha value is -2.18. The topological polar surface area (TPSA) is 67.4 Å². The molecule has 1 saturated carbocycles. The van der Waals surface area contributed by atoms with Crippen LogP contribution in [0.15, 0.2) is 41.8 Å². The number of hydrogen-bond donors (Lipinski definition) is 2. The SMILES string of the molecule is COCCNC(=O)Cc1ccc(NC(=O)C2(c3cccs3)CC2)cc1. The van der Waals surface area contributed by atoms with Crippen molar-refractivity contribution >= 4 is 28.8 Å². The normalized spacial score (nSPS) is 14.8. The van der Waals surface area contributed by atoms with E-state index < -0.39 is 0 Å². The van der Waals surface area contributed by atoms with Gasteiger partial charge >= 0.3 is 0 Å². The lowest BCUT2D eigenvalue weighted by Gasteiger charge is -2.14. The molecule has 2 aromatic rings. The average molecular weight is 358 g/mol. The van der Waals surface area contributed by atoms with Gasteiger partial charge in [-0.25, -0.2) is 0 Å². The molecule has 1 aromatic carbocycles. The van der Waals surface area contributed by atoms with Gasteiger partial charge in [0.15, 0.2) is 0 Å². The van der Waals surface area contributed by atoms with Crippen molar-refractivity contribution < 1.29 is 14.3 Å². The number of rotatable bonds is 8. The maximum Gasteiger partial charge on any atom is 0.235 e. The van der Waals surface area contributed by atoms with Crippen molar-refractivity contribution in [1.29, 1.82) is 0 Å². The van der Waals surface area contributed by atoms with E-state index >= 15 is 0 Å². The third-order valence-electron chi connectivity index (χ3n) is 4.38. The van der Waals surface area contributed by atoms with Crippen LogP contribution in [0.3, 0.4) is 0 Å². The highest BCUT2D eigenvalue weighted by atomic mass is 32.1. The van der Waals surface area contributed by atoms with Crippen LogP contribution in [-0.4, -0.2) is 32.1 Å². The van der Waals surface area contributed by atoms with Gasteiger partial charge in [0, 0.05) is 24.2 Å². The maximum absolute atomic E-state index is 12.6. The van der Waals surface area contributed by atoms with Crippen LogP contribution < -0.4 is 10.6 Å². The molecule has 0 aliphatic heterocycles. The Morgan fingerprint density at radius 3 is 2.56 bits per heavy atom. The summed E-state index contributed by atoms with van der Waals surface area (Å²) >= 11 is 1.63. The van der Waals surface area contributed by atoms with Crippen LogP contribution in [0.4, 0.5) is 5.69 Å². The van der Waals surface area contributed by atoms with Gasteiger partial charge in [-0.1, -0.05) is 18.2 Å². The van der Waals surface area contributed by atoms with Crippen molar-refractivity contribution in [3.8, 4) is 0 Å². The fraction of sp³-hybridized carbons (Fsp3) is 0.368. The highest BCUT2D eigenvalue weighted by Crippen LogP contribution is 2.50. The van der Waals surface area contributed by atoms with E-state index in [2.05, 4.69) is 10.6 Å². The van der Waals surface area contributed by atoms with E-state index in [9.17, 15) is 9.59 Å². The summed E-state index contributed by atoms with van der Waals surface area (Å²) in [7, 11) is 1.60. The van der Waals surface area contributed by atoms with Crippen molar-refractivity contribution in [3.63, 3.8) is 0 Å². The molecule has 0 spiro atoms. The standard InChI is InChI=1S/C19H22N2O3S/c1-24-11-10-20-17(22)13-14-4-6-15(7-5-14)21-18(23)19(8-9-19)16-3-2-12-25-16/h2-7,12H,8-11,13H2,1H3,(H,20,22)(H,21,23). The lowest BCUT2D eigenvalue weighted by molar-refractivity contribution is -0.120. The molecule has 1 heterocycles. The molecule has 0 radical (unpaired) electrons. The summed E-state index contributed by atoms with van der Waals surface area (Å²) in [5, 5.41) is 7.81. The summed E-state index contributed by atoms with van der Waals surface area (Å²) in [5.41, 5.74) is 1.33. The third kappa shape index (κ3) is 4.27. The first-order valence-electron chi connectivity index (χ1n) is 8.34. The molecule has 2 N–H and O–H groups in total. The first-order valence-corrected chi connectivity index (χ1v) is 9.22. The molecular formula is C19H22N2O3S. The summed E-state index contributed by atoms with van der Waals surface area (Å²) in [5.74, 6) is 0.0171. The lowest BCUT2D eigenvalue weighted by Crippen LogP contribution is -2.28. The Morgan fingerprint density at radius 2 is 1.96 bits per heavy atom. The van der Waals surface area contributed by atoms with E-state index in [1.807, 2.05) is 41.8 Å². The highest BCUT2D eigenvalue weighted by molar-refractivity contribution is 7.10. The van der Waals surface area contributed by atoms with Gasteiger partial charge in [0.1, 0.15) is 0 Å². The van der Waals surface area contributed by atoms with E-state index in [0.717, 1.165) is 29.0 Å². The Morgan fingerprint density at radius 1 is 1.20 bits per heavy atom. The van der Waals surface area contributed by atoms with Gasteiger partial charge in [-0.15, -0.1) is 11.3 Å². The van der Waals surface area contributed by atoms with Gasteiger partial charge in [0.05, 0.1) is 18.4 Å². The number of methoxy groups -OCH3 is 1. The van der Waals surface area contributed by atoms with Crippen LogP contribution in [-0.2, 0) is 26.2 Å². The first-order chi connectivity index (χ1) is 12.1. The number of anilines is 1. The molecule has 6 heteroatoms. The molecular weight excluding hydrogens is 336 g/mol. The lowest BCUT2D eigenvalue weighted by atomic mass is 10.0. The van der Waals surface area contributed by atoms with Crippen molar-refractivity contribution in [2.24, 2.45) is 0 Å². The molecule has 1 aliphatic rings. The zero-order valence-electron chi connectivity index (χ0n) is 14.2.